The van der Waals surface area contributed by atoms with E-state index in [1.165, 1.54) is 0 Å². The molecule has 0 saturated heterocycles. The van der Waals surface area contributed by atoms with E-state index in [9.17, 15) is 4.79 Å². The second kappa shape index (κ2) is 7.09. The molecule has 2 N–H and O–H groups in total. The fourth-order valence-corrected chi connectivity index (χ4v) is 1.82. The highest BCUT2D eigenvalue weighted by Crippen LogP contribution is 2.18. The standard InChI is InChI=1S/C14H20N2O2S/c1-10(14(15)19)9-16(2)13(17)8-11-6-4-5-7-12(11)18-3/h4-7,10H,8-9H2,1-3H3,(H2,15,19). The highest BCUT2D eigenvalue weighted by atomic mass is 32.1. The summed E-state index contributed by atoms with van der Waals surface area (Å²) in [6.07, 6.45) is 0.310. The molecule has 0 fully saturated rings. The average molecular weight is 280 g/mol. The number of hydrogen-bond acceptors (Lipinski definition) is 3. The number of likely N-dealkylation sites (N-methyl/N-ethyl adjacent to an activating group) is 1. The van der Waals surface area contributed by atoms with E-state index in [4.69, 9.17) is 22.7 Å². The van der Waals surface area contributed by atoms with Crippen LogP contribution in [0.3, 0.4) is 0 Å². The molecular formula is C14H20N2O2S. The van der Waals surface area contributed by atoms with Gasteiger partial charge in [0.1, 0.15) is 5.75 Å². The van der Waals surface area contributed by atoms with Gasteiger partial charge in [0.2, 0.25) is 5.91 Å². The minimum atomic E-state index is 0.0154. The molecule has 0 spiro atoms. The third-order valence-electron chi connectivity index (χ3n) is 2.99. The Kier molecular flexibility index (Phi) is 5.76. The van der Waals surface area contributed by atoms with E-state index in [0.29, 0.717) is 18.0 Å². The van der Waals surface area contributed by atoms with Crippen molar-refractivity contribution in [3.8, 4) is 5.75 Å². The molecule has 1 atom stereocenters. The average Bonchev–Trinajstić information content (AvgIpc) is 2.38. The van der Waals surface area contributed by atoms with E-state index >= 15 is 0 Å². The van der Waals surface area contributed by atoms with Crippen molar-refractivity contribution < 1.29 is 9.53 Å². The van der Waals surface area contributed by atoms with Gasteiger partial charge in [0.25, 0.3) is 0 Å². The summed E-state index contributed by atoms with van der Waals surface area (Å²) in [5.74, 6) is 0.765. The Morgan fingerprint density at radius 1 is 1.47 bits per heavy atom. The van der Waals surface area contributed by atoms with E-state index in [0.717, 1.165) is 11.3 Å². The predicted molar refractivity (Wildman–Crippen MR) is 80.3 cm³/mol. The minimum Gasteiger partial charge on any atom is -0.496 e. The van der Waals surface area contributed by atoms with E-state index in [-0.39, 0.29) is 11.8 Å². The van der Waals surface area contributed by atoms with Gasteiger partial charge >= 0.3 is 0 Å². The molecule has 1 aromatic rings. The highest BCUT2D eigenvalue weighted by molar-refractivity contribution is 7.80. The first kappa shape index (κ1) is 15.4. The summed E-state index contributed by atoms with van der Waals surface area (Å²) >= 11 is 4.91. The maximum Gasteiger partial charge on any atom is 0.226 e. The highest BCUT2D eigenvalue weighted by Gasteiger charge is 2.16. The summed E-state index contributed by atoms with van der Waals surface area (Å²) in [5.41, 5.74) is 6.44. The van der Waals surface area contributed by atoms with Crippen LogP contribution >= 0.6 is 12.2 Å². The van der Waals surface area contributed by atoms with Crippen LogP contribution in [0.15, 0.2) is 24.3 Å². The molecule has 0 radical (unpaired) electrons. The fourth-order valence-electron chi connectivity index (χ4n) is 1.75. The Balaban J connectivity index is 2.66. The summed E-state index contributed by atoms with van der Waals surface area (Å²) < 4.78 is 5.23. The number of nitrogens with zero attached hydrogens (tertiary/aromatic N) is 1. The molecule has 1 amide bonds. The Labute approximate surface area is 119 Å². The fraction of sp³-hybridized carbons (Fsp3) is 0.429. The Bertz CT molecular complexity index is 463. The molecule has 0 aromatic heterocycles. The van der Waals surface area contributed by atoms with Crippen LogP contribution in [-0.4, -0.2) is 36.5 Å². The maximum absolute atomic E-state index is 12.1. The number of nitrogens with two attached hydrogens (primary N) is 1. The third kappa shape index (κ3) is 4.52. The molecular weight excluding hydrogens is 260 g/mol. The van der Waals surface area contributed by atoms with Crippen molar-refractivity contribution in [2.45, 2.75) is 13.3 Å². The first-order valence-electron chi connectivity index (χ1n) is 6.11. The zero-order valence-corrected chi connectivity index (χ0v) is 12.4. The van der Waals surface area contributed by atoms with Crippen LogP contribution in [0.25, 0.3) is 0 Å². The van der Waals surface area contributed by atoms with Crippen molar-refractivity contribution in [1.82, 2.24) is 4.90 Å². The number of carbonyl (C=O) groups is 1. The monoisotopic (exact) mass is 280 g/mol. The lowest BCUT2D eigenvalue weighted by Gasteiger charge is -2.21. The molecule has 0 aliphatic heterocycles. The van der Waals surface area contributed by atoms with Gasteiger partial charge in [-0.05, 0) is 6.07 Å². The van der Waals surface area contributed by atoms with Gasteiger partial charge in [0.05, 0.1) is 18.5 Å². The van der Waals surface area contributed by atoms with Gasteiger partial charge in [-0.1, -0.05) is 37.3 Å². The number of benzene rings is 1. The van der Waals surface area contributed by atoms with Crippen LogP contribution in [-0.2, 0) is 11.2 Å². The molecule has 1 aromatic carbocycles. The molecule has 19 heavy (non-hydrogen) atoms. The Hall–Kier alpha value is -1.62. The number of hydrogen-bond donors (Lipinski definition) is 1. The summed E-state index contributed by atoms with van der Waals surface area (Å²) in [6, 6.07) is 7.51. The van der Waals surface area contributed by atoms with Crippen molar-refractivity contribution in [2.24, 2.45) is 11.7 Å². The molecule has 104 valence electrons. The summed E-state index contributed by atoms with van der Waals surface area (Å²) in [6.45, 7) is 2.44. The van der Waals surface area contributed by atoms with Crippen LogP contribution in [0, 0.1) is 5.92 Å². The molecule has 0 saturated carbocycles. The van der Waals surface area contributed by atoms with E-state index in [1.54, 1.807) is 19.1 Å². The molecule has 5 heteroatoms. The van der Waals surface area contributed by atoms with Crippen LogP contribution in [0.4, 0.5) is 0 Å². The molecule has 0 heterocycles. The maximum atomic E-state index is 12.1. The largest absolute Gasteiger partial charge is 0.496 e. The van der Waals surface area contributed by atoms with Crippen LogP contribution in [0.5, 0.6) is 5.75 Å². The van der Waals surface area contributed by atoms with Crippen molar-refractivity contribution in [2.75, 3.05) is 20.7 Å². The second-order valence-electron chi connectivity index (χ2n) is 4.57. The predicted octanol–water partition coefficient (Wildman–Crippen LogP) is 1.62. The van der Waals surface area contributed by atoms with Gasteiger partial charge in [0, 0.05) is 25.1 Å². The number of amides is 1. The Morgan fingerprint density at radius 3 is 2.68 bits per heavy atom. The molecule has 1 rings (SSSR count). The van der Waals surface area contributed by atoms with Gasteiger partial charge in [0.15, 0.2) is 0 Å². The number of carbonyl (C=O) groups excluding carboxylic acids is 1. The van der Waals surface area contributed by atoms with Gasteiger partial charge < -0.3 is 15.4 Å². The van der Waals surface area contributed by atoms with E-state index in [2.05, 4.69) is 0 Å². The summed E-state index contributed by atoms with van der Waals surface area (Å²) in [4.78, 5) is 14.2. The Morgan fingerprint density at radius 2 is 2.11 bits per heavy atom. The zero-order valence-electron chi connectivity index (χ0n) is 11.6. The third-order valence-corrected chi connectivity index (χ3v) is 3.40. The molecule has 1 unspecified atom stereocenters. The lowest BCUT2D eigenvalue weighted by molar-refractivity contribution is -0.129. The lowest BCUT2D eigenvalue weighted by atomic mass is 10.1. The zero-order chi connectivity index (χ0) is 14.4. The van der Waals surface area contributed by atoms with Crippen LogP contribution < -0.4 is 10.5 Å². The summed E-state index contributed by atoms with van der Waals surface area (Å²) in [7, 11) is 3.36. The summed E-state index contributed by atoms with van der Waals surface area (Å²) in [5, 5.41) is 0. The number of ether oxygens (including phenoxy) is 1. The number of para-hydroxylation sites is 1. The molecule has 0 bridgehead atoms. The normalized spacial score (nSPS) is 11.7. The van der Waals surface area contributed by atoms with Crippen molar-refractivity contribution >= 4 is 23.1 Å². The molecule has 0 aliphatic rings. The molecule has 4 nitrogen and oxygen atoms in total. The van der Waals surface area contributed by atoms with Gasteiger partial charge in [-0.25, -0.2) is 0 Å². The van der Waals surface area contributed by atoms with Crippen LogP contribution in [0.1, 0.15) is 12.5 Å². The minimum absolute atomic E-state index is 0.0154. The smallest absolute Gasteiger partial charge is 0.226 e. The van der Waals surface area contributed by atoms with E-state index in [1.807, 2.05) is 31.2 Å². The van der Waals surface area contributed by atoms with E-state index < -0.39 is 0 Å². The molecule has 0 aliphatic carbocycles. The first-order chi connectivity index (χ1) is 8.95. The number of thiocarbonyl (C=S) groups is 1. The second-order valence-corrected chi connectivity index (χ2v) is 5.04. The first-order valence-corrected chi connectivity index (χ1v) is 6.51. The quantitative estimate of drug-likeness (QED) is 0.805. The number of methoxy groups -OCH3 is 1. The van der Waals surface area contributed by atoms with Crippen molar-refractivity contribution in [1.29, 1.82) is 0 Å². The van der Waals surface area contributed by atoms with Gasteiger partial charge in [-0.15, -0.1) is 0 Å². The van der Waals surface area contributed by atoms with Crippen molar-refractivity contribution in [3.63, 3.8) is 0 Å². The van der Waals surface area contributed by atoms with Crippen molar-refractivity contribution in [3.05, 3.63) is 29.8 Å². The number of rotatable bonds is 6. The lowest BCUT2D eigenvalue weighted by Crippen LogP contribution is -2.36. The topological polar surface area (TPSA) is 55.6 Å². The van der Waals surface area contributed by atoms with Crippen LogP contribution in [0.2, 0.25) is 0 Å². The van der Waals surface area contributed by atoms with Gasteiger partial charge in [-0.2, -0.15) is 0 Å². The SMILES string of the molecule is COc1ccccc1CC(=O)N(C)CC(C)C(N)=S. The van der Waals surface area contributed by atoms with Gasteiger partial charge in [-0.3, -0.25) is 4.79 Å².